The highest BCUT2D eigenvalue weighted by atomic mass is 32.2. The number of amides is 1. The summed E-state index contributed by atoms with van der Waals surface area (Å²) in [5.41, 5.74) is 3.74. The number of hydrogen-bond acceptors (Lipinski definition) is 5. The van der Waals surface area contributed by atoms with E-state index in [1.807, 2.05) is 32.0 Å². The van der Waals surface area contributed by atoms with Crippen LogP contribution in [-0.4, -0.2) is 26.2 Å². The van der Waals surface area contributed by atoms with E-state index in [0.29, 0.717) is 27.8 Å². The van der Waals surface area contributed by atoms with Crippen molar-refractivity contribution in [3.05, 3.63) is 93.9 Å². The average molecular weight is 487 g/mol. The van der Waals surface area contributed by atoms with Gasteiger partial charge < -0.3 is 5.32 Å². The van der Waals surface area contributed by atoms with Gasteiger partial charge in [0, 0.05) is 6.20 Å². The van der Waals surface area contributed by atoms with Crippen LogP contribution in [0.3, 0.4) is 0 Å². The summed E-state index contributed by atoms with van der Waals surface area (Å²) in [5, 5.41) is 4.00. The van der Waals surface area contributed by atoms with E-state index in [0.717, 1.165) is 17.5 Å². The third-order valence-electron chi connectivity index (χ3n) is 5.70. The van der Waals surface area contributed by atoms with Gasteiger partial charge in [-0.2, -0.15) is 0 Å². The summed E-state index contributed by atoms with van der Waals surface area (Å²) < 4.78 is 1.48. The van der Waals surface area contributed by atoms with Gasteiger partial charge in [0.1, 0.15) is 5.82 Å². The summed E-state index contributed by atoms with van der Waals surface area (Å²) >= 11 is 1.23. The molecule has 7 heteroatoms. The Morgan fingerprint density at radius 2 is 1.77 bits per heavy atom. The summed E-state index contributed by atoms with van der Waals surface area (Å²) in [4.78, 5) is 35.2. The Morgan fingerprint density at radius 3 is 2.46 bits per heavy atom. The molecule has 1 unspecified atom stereocenters. The number of rotatable bonds is 8. The van der Waals surface area contributed by atoms with Crippen molar-refractivity contribution in [1.29, 1.82) is 0 Å². The molecule has 0 bridgehead atoms. The molecule has 1 atom stereocenters. The second-order valence-electron chi connectivity index (χ2n) is 9.16. The minimum absolute atomic E-state index is 0.123. The highest BCUT2D eigenvalue weighted by Crippen LogP contribution is 2.21. The molecule has 0 aliphatic rings. The van der Waals surface area contributed by atoms with E-state index < -0.39 is 0 Å². The summed E-state index contributed by atoms with van der Waals surface area (Å²) in [5.74, 6) is 1.09. The lowest BCUT2D eigenvalue weighted by Crippen LogP contribution is -2.29. The first-order chi connectivity index (χ1) is 16.8. The predicted molar refractivity (Wildman–Crippen MR) is 142 cm³/mol. The standard InChI is InChI=1S/C28H30N4O2S/c1-18(2)15-21-10-12-22(13-11-21)20(4)30-26(33)17-35-28-31-24-8-6-5-7-23(24)27(34)32(28)25-14-9-19(3)16-29-25/h5-14,16,18,20H,15,17H2,1-4H3,(H,30,33). The first kappa shape index (κ1) is 24.7. The number of fused-ring (bicyclic) bond motifs is 1. The van der Waals surface area contributed by atoms with E-state index >= 15 is 0 Å². The van der Waals surface area contributed by atoms with Crippen LogP contribution < -0.4 is 10.9 Å². The van der Waals surface area contributed by atoms with E-state index in [9.17, 15) is 9.59 Å². The molecular weight excluding hydrogens is 456 g/mol. The van der Waals surface area contributed by atoms with Gasteiger partial charge in [0.25, 0.3) is 5.56 Å². The number of nitrogens with zero attached hydrogens (tertiary/aromatic N) is 3. The Bertz CT molecular complexity index is 1380. The molecular formula is C28H30N4O2S. The molecule has 2 aromatic heterocycles. The quantitative estimate of drug-likeness (QED) is 0.272. The van der Waals surface area contributed by atoms with Crippen molar-refractivity contribution in [2.24, 2.45) is 5.92 Å². The first-order valence-electron chi connectivity index (χ1n) is 11.8. The fourth-order valence-corrected chi connectivity index (χ4v) is 4.73. The van der Waals surface area contributed by atoms with Crippen LogP contribution >= 0.6 is 11.8 Å². The van der Waals surface area contributed by atoms with Gasteiger partial charge in [-0.15, -0.1) is 0 Å². The fourth-order valence-electron chi connectivity index (χ4n) is 3.91. The van der Waals surface area contributed by atoms with E-state index in [1.54, 1.807) is 24.4 Å². The smallest absolute Gasteiger partial charge is 0.267 e. The lowest BCUT2D eigenvalue weighted by Gasteiger charge is -2.16. The average Bonchev–Trinajstić information content (AvgIpc) is 2.84. The number of aromatic nitrogens is 3. The predicted octanol–water partition coefficient (Wildman–Crippen LogP) is 5.26. The van der Waals surface area contributed by atoms with Crippen LogP contribution in [0.5, 0.6) is 0 Å². The maximum absolute atomic E-state index is 13.3. The van der Waals surface area contributed by atoms with Crippen LogP contribution in [0.25, 0.3) is 16.7 Å². The van der Waals surface area contributed by atoms with E-state index in [-0.39, 0.29) is 23.3 Å². The van der Waals surface area contributed by atoms with Gasteiger partial charge >= 0.3 is 0 Å². The minimum atomic E-state index is -0.204. The number of carbonyl (C=O) groups is 1. The second kappa shape index (κ2) is 10.9. The Hall–Kier alpha value is -3.45. The number of nitrogens with one attached hydrogen (secondary N) is 1. The fraction of sp³-hybridized carbons (Fsp3) is 0.286. The molecule has 180 valence electrons. The third-order valence-corrected chi connectivity index (χ3v) is 6.64. The molecule has 4 rings (SSSR count). The summed E-state index contributed by atoms with van der Waals surface area (Å²) in [6, 6.07) is 19.2. The van der Waals surface area contributed by atoms with Gasteiger partial charge in [0.05, 0.1) is 22.7 Å². The normalized spacial score (nSPS) is 12.1. The van der Waals surface area contributed by atoms with Crippen molar-refractivity contribution in [3.8, 4) is 5.82 Å². The molecule has 4 aromatic rings. The highest BCUT2D eigenvalue weighted by molar-refractivity contribution is 7.99. The van der Waals surface area contributed by atoms with E-state index in [4.69, 9.17) is 0 Å². The molecule has 0 radical (unpaired) electrons. The van der Waals surface area contributed by atoms with Crippen LogP contribution in [0.2, 0.25) is 0 Å². The SMILES string of the molecule is Cc1ccc(-n2c(SCC(=O)NC(C)c3ccc(CC(C)C)cc3)nc3ccccc3c2=O)nc1. The maximum Gasteiger partial charge on any atom is 0.267 e. The number of aryl methyl sites for hydroxylation is 1. The van der Waals surface area contributed by atoms with Gasteiger partial charge in [-0.25, -0.2) is 14.5 Å². The summed E-state index contributed by atoms with van der Waals surface area (Å²) in [6.07, 6.45) is 2.75. The number of hydrogen-bond donors (Lipinski definition) is 1. The zero-order chi connectivity index (χ0) is 24.9. The molecule has 0 aliphatic carbocycles. The second-order valence-corrected chi connectivity index (χ2v) is 10.1. The molecule has 2 heterocycles. The number of para-hydroxylation sites is 1. The maximum atomic E-state index is 13.3. The van der Waals surface area contributed by atoms with Gasteiger partial charge in [-0.1, -0.05) is 68.1 Å². The van der Waals surface area contributed by atoms with Crippen molar-refractivity contribution in [1.82, 2.24) is 19.9 Å². The Balaban J connectivity index is 1.52. The Labute approximate surface area is 209 Å². The lowest BCUT2D eigenvalue weighted by molar-refractivity contribution is -0.119. The molecule has 1 amide bonds. The van der Waals surface area contributed by atoms with Crippen LogP contribution in [0.1, 0.15) is 43.5 Å². The molecule has 0 saturated heterocycles. The minimum Gasteiger partial charge on any atom is -0.349 e. The van der Waals surface area contributed by atoms with Gasteiger partial charge in [-0.3, -0.25) is 9.59 Å². The Kier molecular flexibility index (Phi) is 7.66. The van der Waals surface area contributed by atoms with Crippen LogP contribution in [-0.2, 0) is 11.2 Å². The zero-order valence-electron chi connectivity index (χ0n) is 20.5. The van der Waals surface area contributed by atoms with Crippen LogP contribution in [0, 0.1) is 12.8 Å². The molecule has 0 aliphatic heterocycles. The van der Waals surface area contributed by atoms with Crippen molar-refractivity contribution < 1.29 is 4.79 Å². The largest absolute Gasteiger partial charge is 0.349 e. The summed E-state index contributed by atoms with van der Waals surface area (Å²) in [6.45, 7) is 8.32. The van der Waals surface area contributed by atoms with Crippen LogP contribution in [0.4, 0.5) is 0 Å². The van der Waals surface area contributed by atoms with Gasteiger partial charge in [0.15, 0.2) is 5.16 Å². The van der Waals surface area contributed by atoms with Gasteiger partial charge in [-0.05, 0) is 61.1 Å². The monoisotopic (exact) mass is 486 g/mol. The Morgan fingerprint density at radius 1 is 1.03 bits per heavy atom. The molecule has 35 heavy (non-hydrogen) atoms. The number of carbonyl (C=O) groups excluding carboxylic acids is 1. The van der Waals surface area contributed by atoms with E-state index in [1.165, 1.54) is 21.9 Å². The van der Waals surface area contributed by atoms with Gasteiger partial charge in [0.2, 0.25) is 5.91 Å². The summed E-state index contributed by atoms with van der Waals surface area (Å²) in [7, 11) is 0. The molecule has 1 N–H and O–H groups in total. The van der Waals surface area contributed by atoms with Crippen molar-refractivity contribution in [2.45, 2.75) is 45.3 Å². The molecule has 6 nitrogen and oxygen atoms in total. The van der Waals surface area contributed by atoms with Crippen LogP contribution in [0.15, 0.2) is 76.8 Å². The first-order valence-corrected chi connectivity index (χ1v) is 12.8. The number of thioether (sulfide) groups is 1. The van der Waals surface area contributed by atoms with E-state index in [2.05, 4.69) is 53.4 Å². The number of benzene rings is 2. The third kappa shape index (κ3) is 5.98. The molecule has 0 fully saturated rings. The highest BCUT2D eigenvalue weighted by Gasteiger charge is 2.17. The lowest BCUT2D eigenvalue weighted by atomic mass is 10.00. The van der Waals surface area contributed by atoms with Crippen molar-refractivity contribution >= 4 is 28.6 Å². The zero-order valence-corrected chi connectivity index (χ0v) is 21.3. The molecule has 2 aromatic carbocycles. The topological polar surface area (TPSA) is 76.9 Å². The number of pyridine rings is 1. The molecule has 0 spiro atoms. The van der Waals surface area contributed by atoms with Crippen molar-refractivity contribution in [2.75, 3.05) is 5.75 Å². The van der Waals surface area contributed by atoms with Crippen molar-refractivity contribution in [3.63, 3.8) is 0 Å². The molecule has 0 saturated carbocycles.